The van der Waals surface area contributed by atoms with Gasteiger partial charge in [-0.15, -0.1) is 0 Å². The number of nitrogens with zero attached hydrogens (tertiary/aromatic N) is 1. The Morgan fingerprint density at radius 3 is 2.53 bits per heavy atom. The van der Waals surface area contributed by atoms with Crippen LogP contribution in [-0.2, 0) is 0 Å². The quantitative estimate of drug-likeness (QED) is 0.598. The topological polar surface area (TPSA) is 76.0 Å². The average molecular weight is 238 g/mol. The maximum absolute atomic E-state index is 9.81. The van der Waals surface area contributed by atoms with Crippen molar-refractivity contribution >= 4 is 0 Å². The Balaban J connectivity index is 2.21. The number of phenols is 2. The molecule has 4 N–H and O–H groups in total. The van der Waals surface area contributed by atoms with E-state index in [1.807, 2.05) is 0 Å². The van der Waals surface area contributed by atoms with E-state index in [1.165, 1.54) is 12.1 Å². The van der Waals surface area contributed by atoms with Gasteiger partial charge in [0.15, 0.2) is 0 Å². The van der Waals surface area contributed by atoms with Gasteiger partial charge in [-0.05, 0) is 12.1 Å². The largest absolute Gasteiger partial charge is 0.508 e. The van der Waals surface area contributed by atoms with Gasteiger partial charge in [0.05, 0.1) is 12.6 Å². The van der Waals surface area contributed by atoms with Crippen LogP contribution in [0.3, 0.4) is 0 Å². The van der Waals surface area contributed by atoms with Gasteiger partial charge in [0.2, 0.25) is 0 Å². The van der Waals surface area contributed by atoms with Crippen molar-refractivity contribution in [3.05, 3.63) is 23.8 Å². The van der Waals surface area contributed by atoms with Crippen LogP contribution in [0.25, 0.3) is 0 Å². The standard InChI is InChI=1S/C12H18N2O3/c15-8-11(14-5-3-13-4-6-14)10-2-1-9(16)7-12(10)17/h1-2,7,11,13,15-17H,3-6,8H2/t11-/m0/s1. The van der Waals surface area contributed by atoms with E-state index in [2.05, 4.69) is 10.2 Å². The van der Waals surface area contributed by atoms with Gasteiger partial charge in [-0.1, -0.05) is 0 Å². The molecule has 1 heterocycles. The van der Waals surface area contributed by atoms with Crippen LogP contribution in [0.5, 0.6) is 11.5 Å². The fourth-order valence-corrected chi connectivity index (χ4v) is 2.22. The summed E-state index contributed by atoms with van der Waals surface area (Å²) in [7, 11) is 0. The zero-order valence-electron chi connectivity index (χ0n) is 9.63. The Labute approximate surface area is 100 Å². The Morgan fingerprint density at radius 1 is 1.24 bits per heavy atom. The number of aliphatic hydroxyl groups excluding tert-OH is 1. The van der Waals surface area contributed by atoms with Crippen molar-refractivity contribution in [2.24, 2.45) is 0 Å². The lowest BCUT2D eigenvalue weighted by Gasteiger charge is -2.34. The summed E-state index contributed by atoms with van der Waals surface area (Å²) >= 11 is 0. The highest BCUT2D eigenvalue weighted by Crippen LogP contribution is 2.31. The van der Waals surface area contributed by atoms with Crippen LogP contribution in [0.4, 0.5) is 0 Å². The first-order chi connectivity index (χ1) is 8.22. The molecule has 0 spiro atoms. The predicted octanol–water partition coefficient (Wildman–Crippen LogP) is 0.0364. The van der Waals surface area contributed by atoms with E-state index in [4.69, 9.17) is 0 Å². The second-order valence-corrected chi connectivity index (χ2v) is 4.23. The van der Waals surface area contributed by atoms with E-state index in [0.29, 0.717) is 5.56 Å². The molecule has 0 aliphatic carbocycles. The Morgan fingerprint density at radius 2 is 1.94 bits per heavy atom. The Hall–Kier alpha value is -1.30. The van der Waals surface area contributed by atoms with Crippen LogP contribution in [0.1, 0.15) is 11.6 Å². The lowest BCUT2D eigenvalue weighted by atomic mass is 10.0. The number of phenolic OH excluding ortho intramolecular Hbond substituents is 2. The molecule has 5 heteroatoms. The van der Waals surface area contributed by atoms with E-state index < -0.39 is 0 Å². The first-order valence-corrected chi connectivity index (χ1v) is 5.80. The molecule has 5 nitrogen and oxygen atoms in total. The molecule has 1 fully saturated rings. The smallest absolute Gasteiger partial charge is 0.124 e. The van der Waals surface area contributed by atoms with Crippen molar-refractivity contribution in [1.29, 1.82) is 0 Å². The first-order valence-electron chi connectivity index (χ1n) is 5.80. The zero-order valence-corrected chi connectivity index (χ0v) is 9.63. The number of benzene rings is 1. The molecule has 0 radical (unpaired) electrons. The van der Waals surface area contributed by atoms with Crippen LogP contribution >= 0.6 is 0 Å². The van der Waals surface area contributed by atoms with Crippen molar-refractivity contribution < 1.29 is 15.3 Å². The van der Waals surface area contributed by atoms with Gasteiger partial charge >= 0.3 is 0 Å². The van der Waals surface area contributed by atoms with Crippen molar-refractivity contribution in [3.63, 3.8) is 0 Å². The molecule has 1 aromatic carbocycles. The minimum atomic E-state index is -0.210. The summed E-state index contributed by atoms with van der Waals surface area (Å²) in [4.78, 5) is 2.13. The lowest BCUT2D eigenvalue weighted by molar-refractivity contribution is 0.109. The van der Waals surface area contributed by atoms with Crippen LogP contribution < -0.4 is 5.32 Å². The maximum Gasteiger partial charge on any atom is 0.124 e. The van der Waals surface area contributed by atoms with E-state index >= 15 is 0 Å². The summed E-state index contributed by atoms with van der Waals surface area (Å²) in [6.45, 7) is 3.40. The summed E-state index contributed by atoms with van der Waals surface area (Å²) in [5, 5.41) is 31.8. The summed E-state index contributed by atoms with van der Waals surface area (Å²) in [6, 6.07) is 4.28. The number of piperazine rings is 1. The van der Waals surface area contributed by atoms with Crippen molar-refractivity contribution in [3.8, 4) is 11.5 Å². The van der Waals surface area contributed by atoms with E-state index in [1.54, 1.807) is 6.07 Å². The summed E-state index contributed by atoms with van der Waals surface area (Å²) in [5.41, 5.74) is 0.659. The molecule has 0 saturated carbocycles. The summed E-state index contributed by atoms with van der Waals surface area (Å²) < 4.78 is 0. The molecular formula is C12H18N2O3. The second-order valence-electron chi connectivity index (χ2n) is 4.23. The molecule has 0 aromatic heterocycles. The minimum absolute atomic E-state index is 0.0302. The average Bonchev–Trinajstić information content (AvgIpc) is 2.34. The van der Waals surface area contributed by atoms with Crippen molar-refractivity contribution in [1.82, 2.24) is 10.2 Å². The van der Waals surface area contributed by atoms with Crippen LogP contribution in [0, 0.1) is 0 Å². The molecule has 0 bridgehead atoms. The minimum Gasteiger partial charge on any atom is -0.508 e. The van der Waals surface area contributed by atoms with E-state index in [0.717, 1.165) is 26.2 Å². The Kier molecular flexibility index (Phi) is 3.83. The lowest BCUT2D eigenvalue weighted by Crippen LogP contribution is -2.46. The molecule has 1 aliphatic rings. The molecule has 2 rings (SSSR count). The summed E-state index contributed by atoms with van der Waals surface area (Å²) in [6.07, 6.45) is 0. The molecule has 17 heavy (non-hydrogen) atoms. The third-order valence-corrected chi connectivity index (χ3v) is 3.14. The van der Waals surface area contributed by atoms with Crippen LogP contribution in [0.15, 0.2) is 18.2 Å². The fourth-order valence-electron chi connectivity index (χ4n) is 2.22. The number of hydrogen-bond acceptors (Lipinski definition) is 5. The number of rotatable bonds is 3. The molecule has 1 aromatic rings. The van der Waals surface area contributed by atoms with Crippen molar-refractivity contribution in [2.45, 2.75) is 6.04 Å². The van der Waals surface area contributed by atoms with Gasteiger partial charge in [-0.3, -0.25) is 4.90 Å². The van der Waals surface area contributed by atoms with Gasteiger partial charge in [-0.25, -0.2) is 0 Å². The monoisotopic (exact) mass is 238 g/mol. The molecule has 0 amide bonds. The summed E-state index contributed by atoms with van der Waals surface area (Å²) in [5.74, 6) is 0.0610. The highest BCUT2D eigenvalue weighted by atomic mass is 16.3. The van der Waals surface area contributed by atoms with Crippen LogP contribution in [0.2, 0.25) is 0 Å². The Bertz CT molecular complexity index is 378. The van der Waals surface area contributed by atoms with Crippen molar-refractivity contribution in [2.75, 3.05) is 32.8 Å². The normalized spacial score (nSPS) is 19.1. The van der Waals surface area contributed by atoms with Crippen LogP contribution in [-0.4, -0.2) is 53.0 Å². The molecule has 1 atom stereocenters. The number of aliphatic hydroxyl groups is 1. The van der Waals surface area contributed by atoms with Gasteiger partial charge in [0, 0.05) is 37.8 Å². The SMILES string of the molecule is OC[C@@H](c1ccc(O)cc1O)N1CCNCC1. The molecular weight excluding hydrogens is 220 g/mol. The van der Waals surface area contributed by atoms with Gasteiger partial charge < -0.3 is 20.6 Å². The predicted molar refractivity (Wildman–Crippen MR) is 64.0 cm³/mol. The second kappa shape index (κ2) is 5.35. The molecule has 0 unspecified atom stereocenters. The fraction of sp³-hybridized carbons (Fsp3) is 0.500. The zero-order chi connectivity index (χ0) is 12.3. The maximum atomic E-state index is 9.81. The van der Waals surface area contributed by atoms with Gasteiger partial charge in [-0.2, -0.15) is 0 Å². The third-order valence-electron chi connectivity index (χ3n) is 3.14. The number of hydrogen-bond donors (Lipinski definition) is 4. The first kappa shape index (κ1) is 12.2. The van der Waals surface area contributed by atoms with Gasteiger partial charge in [0.25, 0.3) is 0 Å². The van der Waals surface area contributed by atoms with E-state index in [9.17, 15) is 15.3 Å². The molecule has 1 aliphatic heterocycles. The third kappa shape index (κ3) is 2.69. The number of aromatic hydroxyl groups is 2. The van der Waals surface area contributed by atoms with E-state index in [-0.39, 0.29) is 24.1 Å². The highest BCUT2D eigenvalue weighted by Gasteiger charge is 2.23. The highest BCUT2D eigenvalue weighted by molar-refractivity contribution is 5.41. The molecule has 1 saturated heterocycles. The number of nitrogens with one attached hydrogen (secondary N) is 1. The molecule has 94 valence electrons. The van der Waals surface area contributed by atoms with Gasteiger partial charge in [0.1, 0.15) is 11.5 Å².